The highest BCUT2D eigenvalue weighted by atomic mass is 16.6. The molecule has 1 aromatic rings. The Bertz CT molecular complexity index is 1140. The van der Waals surface area contributed by atoms with E-state index in [1.807, 2.05) is 44.2 Å². The van der Waals surface area contributed by atoms with Gasteiger partial charge in [-0.25, -0.2) is 9.59 Å². The normalized spacial score (nSPS) is 18.4. The maximum absolute atomic E-state index is 13.7. The Hall–Kier alpha value is -3.67. The molecule has 0 aliphatic carbocycles. The van der Waals surface area contributed by atoms with Gasteiger partial charge >= 0.3 is 12.1 Å². The summed E-state index contributed by atoms with van der Waals surface area (Å²) in [6.07, 6.45) is -0.903. The molecule has 44 heavy (non-hydrogen) atoms. The first-order valence-electron chi connectivity index (χ1n) is 15.3. The highest BCUT2D eigenvalue weighted by molar-refractivity contribution is 5.94. The zero-order valence-corrected chi connectivity index (χ0v) is 27.2. The van der Waals surface area contributed by atoms with Crippen LogP contribution in [0.2, 0.25) is 0 Å². The van der Waals surface area contributed by atoms with Crippen molar-refractivity contribution in [3.05, 3.63) is 35.9 Å². The van der Waals surface area contributed by atoms with E-state index in [1.165, 1.54) is 12.0 Å². The van der Waals surface area contributed by atoms with Crippen molar-refractivity contribution < 1.29 is 38.6 Å². The molecule has 6 atom stereocenters. The summed E-state index contributed by atoms with van der Waals surface area (Å²) < 4.78 is 10.2. The van der Waals surface area contributed by atoms with Crippen LogP contribution < -0.4 is 16.0 Å². The fourth-order valence-corrected chi connectivity index (χ4v) is 5.03. The third kappa shape index (κ3) is 10.5. The molecule has 0 saturated carbocycles. The number of nitrogens with one attached hydrogen (secondary N) is 3. The van der Waals surface area contributed by atoms with Crippen molar-refractivity contribution in [3.63, 3.8) is 0 Å². The lowest BCUT2D eigenvalue weighted by Crippen LogP contribution is -2.59. The highest BCUT2D eigenvalue weighted by Gasteiger charge is 2.41. The van der Waals surface area contributed by atoms with Gasteiger partial charge in [-0.2, -0.15) is 0 Å². The van der Waals surface area contributed by atoms with Crippen LogP contribution in [0.15, 0.2) is 30.3 Å². The zero-order chi connectivity index (χ0) is 33.2. The highest BCUT2D eigenvalue weighted by Crippen LogP contribution is 2.22. The van der Waals surface area contributed by atoms with Crippen molar-refractivity contribution >= 4 is 29.8 Å². The first-order chi connectivity index (χ1) is 20.6. The molecule has 0 bridgehead atoms. The largest absolute Gasteiger partial charge is 0.467 e. The van der Waals surface area contributed by atoms with Crippen LogP contribution in [0.1, 0.15) is 73.3 Å². The third-order valence-electron chi connectivity index (χ3n) is 7.69. The fourth-order valence-electron chi connectivity index (χ4n) is 5.03. The van der Waals surface area contributed by atoms with Gasteiger partial charge in [-0.05, 0) is 57.4 Å². The minimum absolute atomic E-state index is 0.144. The van der Waals surface area contributed by atoms with Crippen LogP contribution >= 0.6 is 0 Å². The molecule has 4 N–H and O–H groups in total. The fraction of sp³-hybridized carbons (Fsp3) is 0.656. The molecule has 4 amide bonds. The van der Waals surface area contributed by atoms with Gasteiger partial charge in [0, 0.05) is 6.54 Å². The molecule has 1 aliphatic heterocycles. The van der Waals surface area contributed by atoms with E-state index >= 15 is 0 Å². The summed E-state index contributed by atoms with van der Waals surface area (Å²) >= 11 is 0. The van der Waals surface area contributed by atoms with Crippen molar-refractivity contribution in [2.45, 2.75) is 110 Å². The van der Waals surface area contributed by atoms with Crippen molar-refractivity contribution in [2.24, 2.45) is 11.8 Å². The number of aliphatic hydroxyl groups is 1. The van der Waals surface area contributed by atoms with Crippen molar-refractivity contribution in [2.75, 3.05) is 13.7 Å². The molecule has 0 radical (unpaired) electrons. The number of carbonyl (C=O) groups excluding carboxylic acids is 5. The molecule has 1 aliphatic rings. The molecule has 2 rings (SSSR count). The van der Waals surface area contributed by atoms with Gasteiger partial charge in [-0.15, -0.1) is 0 Å². The summed E-state index contributed by atoms with van der Waals surface area (Å²) in [5.41, 5.74) is -0.0101. The van der Waals surface area contributed by atoms with Gasteiger partial charge < -0.3 is 35.4 Å². The molecule has 12 heteroatoms. The first-order valence-corrected chi connectivity index (χ1v) is 15.3. The van der Waals surface area contributed by atoms with Crippen molar-refractivity contribution in [1.82, 2.24) is 20.9 Å². The molecule has 0 unspecified atom stereocenters. The molecule has 246 valence electrons. The van der Waals surface area contributed by atoms with Gasteiger partial charge in [0.05, 0.1) is 13.2 Å². The molecular formula is C32H50N4O8. The van der Waals surface area contributed by atoms with Gasteiger partial charge in [0.25, 0.3) is 5.91 Å². The van der Waals surface area contributed by atoms with Crippen molar-refractivity contribution in [3.8, 4) is 0 Å². The van der Waals surface area contributed by atoms with E-state index in [1.54, 1.807) is 34.6 Å². The number of aliphatic hydroxyl groups excluding tert-OH is 1. The lowest BCUT2D eigenvalue weighted by atomic mass is 9.96. The number of likely N-dealkylation sites (tertiary alicyclic amines) is 1. The minimum atomic E-state index is -1.67. The van der Waals surface area contributed by atoms with Crippen LogP contribution in [-0.4, -0.2) is 89.3 Å². The molecule has 0 spiro atoms. The van der Waals surface area contributed by atoms with Crippen LogP contribution in [0.3, 0.4) is 0 Å². The number of amides is 4. The molecule has 1 heterocycles. The quantitative estimate of drug-likeness (QED) is 0.245. The predicted octanol–water partition coefficient (Wildman–Crippen LogP) is 2.32. The zero-order valence-electron chi connectivity index (χ0n) is 27.2. The van der Waals surface area contributed by atoms with E-state index in [0.717, 1.165) is 5.56 Å². The Morgan fingerprint density at radius 1 is 1.00 bits per heavy atom. The van der Waals surface area contributed by atoms with Crippen LogP contribution in [0.25, 0.3) is 0 Å². The predicted molar refractivity (Wildman–Crippen MR) is 164 cm³/mol. The van der Waals surface area contributed by atoms with Crippen LogP contribution in [0, 0.1) is 11.8 Å². The third-order valence-corrected chi connectivity index (χ3v) is 7.69. The number of hydrogen-bond donors (Lipinski definition) is 4. The Labute approximate surface area is 260 Å². The standard InChI is InChI=1S/C32H50N4O8/c1-9-20(4)25(28(39)34-24(19(2)3)30(41)43-8)35-27(38)23-16-13-17-36(23)29(40)26(37)22(18-21-14-11-10-12-15-21)33-31(42)44-32(5,6)7/h10-12,14-15,19-20,22-26,37H,9,13,16-18H2,1-8H3,(H,33,42)(H,34,39)(H,35,38)/t20-,22+,23+,24-,25-,26+/m0/s1. The van der Waals surface area contributed by atoms with Gasteiger partial charge in [0.2, 0.25) is 11.8 Å². The Morgan fingerprint density at radius 3 is 2.18 bits per heavy atom. The van der Waals surface area contributed by atoms with E-state index < -0.39 is 65.7 Å². The number of hydrogen-bond acceptors (Lipinski definition) is 8. The number of alkyl carbamates (subject to hydrolysis) is 1. The maximum atomic E-state index is 13.7. The maximum Gasteiger partial charge on any atom is 0.407 e. The minimum Gasteiger partial charge on any atom is -0.467 e. The van der Waals surface area contributed by atoms with Gasteiger partial charge in [0.15, 0.2) is 6.10 Å². The van der Waals surface area contributed by atoms with E-state index in [0.29, 0.717) is 19.3 Å². The number of methoxy groups -OCH3 is 1. The Morgan fingerprint density at radius 2 is 1.64 bits per heavy atom. The molecule has 1 saturated heterocycles. The molecular weight excluding hydrogens is 568 g/mol. The number of rotatable bonds is 13. The summed E-state index contributed by atoms with van der Waals surface area (Å²) in [7, 11) is 1.24. The number of ether oxygens (including phenoxy) is 2. The Kier molecular flexibility index (Phi) is 13.6. The van der Waals surface area contributed by atoms with E-state index in [-0.39, 0.29) is 24.8 Å². The molecule has 1 fully saturated rings. The topological polar surface area (TPSA) is 163 Å². The summed E-state index contributed by atoms with van der Waals surface area (Å²) in [5, 5.41) is 19.4. The molecule has 0 aromatic heterocycles. The molecule has 12 nitrogen and oxygen atoms in total. The van der Waals surface area contributed by atoms with Crippen LogP contribution in [0.5, 0.6) is 0 Å². The second kappa shape index (κ2) is 16.4. The number of benzene rings is 1. The van der Waals surface area contributed by atoms with Crippen LogP contribution in [-0.2, 0) is 35.1 Å². The number of esters is 1. The van der Waals surface area contributed by atoms with E-state index in [9.17, 15) is 29.1 Å². The lowest BCUT2D eigenvalue weighted by molar-refractivity contribution is -0.148. The van der Waals surface area contributed by atoms with Gasteiger partial charge in [-0.3, -0.25) is 14.4 Å². The summed E-state index contributed by atoms with van der Waals surface area (Å²) in [4.78, 5) is 66.7. The lowest BCUT2D eigenvalue weighted by Gasteiger charge is -2.32. The second-order valence-electron chi connectivity index (χ2n) is 12.7. The van der Waals surface area contributed by atoms with Gasteiger partial charge in [-0.1, -0.05) is 64.4 Å². The average molecular weight is 619 g/mol. The Balaban J connectivity index is 2.24. The summed E-state index contributed by atoms with van der Waals surface area (Å²) in [6.45, 7) is 12.6. The van der Waals surface area contributed by atoms with Crippen molar-refractivity contribution in [1.29, 1.82) is 0 Å². The molecule has 1 aromatic carbocycles. The number of nitrogens with zero attached hydrogens (tertiary/aromatic N) is 1. The SMILES string of the molecule is CC[C@H](C)[C@H](NC(=O)[C@H]1CCCN1C(=O)[C@H](O)[C@@H](Cc1ccccc1)NC(=O)OC(C)(C)C)C(=O)N[C@H](C(=O)OC)C(C)C. The van der Waals surface area contributed by atoms with Crippen LogP contribution in [0.4, 0.5) is 4.79 Å². The average Bonchev–Trinajstić information content (AvgIpc) is 3.46. The second-order valence-corrected chi connectivity index (χ2v) is 12.7. The van der Waals surface area contributed by atoms with E-state index in [4.69, 9.17) is 9.47 Å². The smallest absolute Gasteiger partial charge is 0.407 e. The first kappa shape index (κ1) is 36.5. The monoisotopic (exact) mass is 618 g/mol. The number of carbonyl (C=O) groups is 5. The summed E-state index contributed by atoms with van der Waals surface area (Å²) in [6, 6.07) is 5.26. The van der Waals surface area contributed by atoms with E-state index in [2.05, 4.69) is 16.0 Å². The summed E-state index contributed by atoms with van der Waals surface area (Å²) in [5.74, 6) is -2.90. The van der Waals surface area contributed by atoms with Gasteiger partial charge in [0.1, 0.15) is 23.7 Å².